The van der Waals surface area contributed by atoms with E-state index < -0.39 is 0 Å². The minimum Gasteiger partial charge on any atom is -0.310 e. The summed E-state index contributed by atoms with van der Waals surface area (Å²) < 4.78 is 2.49. The van der Waals surface area contributed by atoms with Crippen LogP contribution in [0.15, 0.2) is 91.0 Å². The number of fused-ring (bicyclic) bond motifs is 5. The molecule has 0 saturated carbocycles. The molecule has 126 valence electrons. The van der Waals surface area contributed by atoms with Crippen molar-refractivity contribution in [1.29, 1.82) is 0 Å². The van der Waals surface area contributed by atoms with Crippen molar-refractivity contribution < 1.29 is 0 Å². The molecular formula is C25H18BN. The number of nitrogens with zero attached hydrogens (tertiary/aromatic N) is 1. The van der Waals surface area contributed by atoms with Gasteiger partial charge in [-0.2, -0.15) is 0 Å². The topological polar surface area (TPSA) is 4.93 Å². The Hall–Kier alpha value is -3.26. The van der Waals surface area contributed by atoms with Crippen LogP contribution in [0.1, 0.15) is 5.56 Å². The zero-order valence-corrected chi connectivity index (χ0v) is 15.2. The Bertz CT molecular complexity index is 1330. The molecule has 1 aromatic heterocycles. The van der Waals surface area contributed by atoms with Crippen molar-refractivity contribution in [2.45, 2.75) is 6.92 Å². The van der Waals surface area contributed by atoms with Crippen molar-refractivity contribution in [3.63, 3.8) is 0 Å². The standard InChI is InChI=1S/C25H18BN/c1-17-9-7-12-19-20-13-8-15-22-25(20)27(24(17)19)23-16-6-5-14-21(23)26(22)18-10-3-2-4-11-18/h2-16H,1H3. The first-order valence-corrected chi connectivity index (χ1v) is 9.51. The van der Waals surface area contributed by atoms with Gasteiger partial charge in [-0.05, 0) is 29.5 Å². The van der Waals surface area contributed by atoms with Crippen molar-refractivity contribution in [2.75, 3.05) is 0 Å². The summed E-state index contributed by atoms with van der Waals surface area (Å²) in [6.07, 6.45) is 0. The number of hydrogen-bond donors (Lipinski definition) is 0. The van der Waals surface area contributed by atoms with E-state index in [4.69, 9.17) is 0 Å². The maximum atomic E-state index is 2.49. The Morgan fingerprint density at radius 3 is 2.11 bits per heavy atom. The highest BCUT2D eigenvalue weighted by atomic mass is 15.0. The van der Waals surface area contributed by atoms with Crippen LogP contribution in [0.5, 0.6) is 0 Å². The summed E-state index contributed by atoms with van der Waals surface area (Å²) in [4.78, 5) is 0. The normalized spacial score (nSPS) is 12.6. The molecule has 0 radical (unpaired) electrons. The molecule has 0 atom stereocenters. The van der Waals surface area contributed by atoms with Gasteiger partial charge < -0.3 is 4.57 Å². The summed E-state index contributed by atoms with van der Waals surface area (Å²) in [6, 6.07) is 33.2. The minimum atomic E-state index is 0.267. The van der Waals surface area contributed by atoms with Crippen molar-refractivity contribution in [1.82, 2.24) is 4.57 Å². The lowest BCUT2D eigenvalue weighted by molar-refractivity contribution is 1.18. The van der Waals surface area contributed by atoms with E-state index in [1.807, 2.05) is 0 Å². The second kappa shape index (κ2) is 5.37. The fraction of sp³-hybridized carbons (Fsp3) is 0.0400. The number of hydrogen-bond acceptors (Lipinski definition) is 0. The Labute approximate surface area is 159 Å². The molecule has 0 unspecified atom stereocenters. The fourth-order valence-electron chi connectivity index (χ4n) is 4.89. The fourth-order valence-corrected chi connectivity index (χ4v) is 4.89. The zero-order valence-electron chi connectivity index (χ0n) is 15.2. The van der Waals surface area contributed by atoms with Crippen LogP contribution < -0.4 is 16.4 Å². The molecular weight excluding hydrogens is 325 g/mol. The summed E-state index contributed by atoms with van der Waals surface area (Å²) in [6.45, 7) is 2.49. The second-order valence-corrected chi connectivity index (χ2v) is 7.45. The lowest BCUT2D eigenvalue weighted by atomic mass is 9.35. The predicted octanol–water partition coefficient (Wildman–Crippen LogP) is 3.92. The molecule has 2 heteroatoms. The number of aryl methyl sites for hydroxylation is 1. The van der Waals surface area contributed by atoms with Crippen molar-refractivity contribution >= 4 is 44.9 Å². The van der Waals surface area contributed by atoms with Crippen LogP contribution in [0.25, 0.3) is 27.5 Å². The SMILES string of the molecule is Cc1cccc2c3cccc4c3n(c12)-c1ccccc1B4c1ccccc1. The van der Waals surface area contributed by atoms with Gasteiger partial charge >= 0.3 is 0 Å². The molecule has 0 amide bonds. The summed E-state index contributed by atoms with van der Waals surface area (Å²) in [7, 11) is 0. The van der Waals surface area contributed by atoms with Crippen molar-refractivity contribution in [2.24, 2.45) is 0 Å². The molecule has 0 aliphatic carbocycles. The highest BCUT2D eigenvalue weighted by Crippen LogP contribution is 2.34. The molecule has 0 bridgehead atoms. The van der Waals surface area contributed by atoms with Gasteiger partial charge in [0, 0.05) is 22.0 Å². The van der Waals surface area contributed by atoms with Crippen molar-refractivity contribution in [3.05, 3.63) is 96.6 Å². The molecule has 6 rings (SSSR count). The van der Waals surface area contributed by atoms with E-state index in [0.717, 1.165) is 0 Å². The van der Waals surface area contributed by atoms with E-state index in [0.29, 0.717) is 0 Å². The lowest BCUT2D eigenvalue weighted by Crippen LogP contribution is -2.55. The van der Waals surface area contributed by atoms with E-state index in [9.17, 15) is 0 Å². The van der Waals surface area contributed by atoms with Crippen molar-refractivity contribution in [3.8, 4) is 5.69 Å². The summed E-state index contributed by atoms with van der Waals surface area (Å²) in [5.41, 5.74) is 9.44. The van der Waals surface area contributed by atoms with E-state index >= 15 is 0 Å². The van der Waals surface area contributed by atoms with Gasteiger partial charge in [0.1, 0.15) is 0 Å². The van der Waals surface area contributed by atoms with E-state index in [1.54, 1.807) is 0 Å². The first kappa shape index (κ1) is 14.9. The summed E-state index contributed by atoms with van der Waals surface area (Å²) in [5.74, 6) is 0. The average Bonchev–Trinajstić information content (AvgIpc) is 3.07. The Morgan fingerprint density at radius 2 is 1.26 bits per heavy atom. The highest BCUT2D eigenvalue weighted by molar-refractivity contribution is 6.98. The summed E-state index contributed by atoms with van der Waals surface area (Å²) in [5, 5.41) is 2.69. The lowest BCUT2D eigenvalue weighted by Gasteiger charge is -2.27. The third kappa shape index (κ3) is 1.90. The first-order chi connectivity index (χ1) is 13.3. The summed E-state index contributed by atoms with van der Waals surface area (Å²) >= 11 is 0. The first-order valence-electron chi connectivity index (χ1n) is 9.51. The predicted molar refractivity (Wildman–Crippen MR) is 117 cm³/mol. The van der Waals surface area contributed by atoms with Gasteiger partial charge in [0.2, 0.25) is 6.71 Å². The largest absolute Gasteiger partial charge is 0.310 e. The van der Waals surface area contributed by atoms with Crippen LogP contribution in [-0.4, -0.2) is 11.3 Å². The molecule has 1 aliphatic rings. The number of para-hydroxylation sites is 3. The van der Waals surface area contributed by atoms with E-state index in [-0.39, 0.29) is 6.71 Å². The smallest absolute Gasteiger partial charge is 0.246 e. The third-order valence-corrected chi connectivity index (χ3v) is 5.97. The van der Waals surface area contributed by atoms with Crippen LogP contribution in [0.2, 0.25) is 0 Å². The Balaban J connectivity index is 1.86. The van der Waals surface area contributed by atoms with E-state index in [2.05, 4.69) is 102 Å². The maximum absolute atomic E-state index is 2.49. The quantitative estimate of drug-likeness (QED) is 0.399. The number of benzene rings is 4. The highest BCUT2D eigenvalue weighted by Gasteiger charge is 2.33. The molecule has 0 N–H and O–H groups in total. The van der Waals surface area contributed by atoms with Crippen LogP contribution in [-0.2, 0) is 0 Å². The molecule has 4 aromatic carbocycles. The molecule has 27 heavy (non-hydrogen) atoms. The third-order valence-electron chi connectivity index (χ3n) is 5.97. The maximum Gasteiger partial charge on any atom is 0.246 e. The van der Waals surface area contributed by atoms with Crippen LogP contribution >= 0.6 is 0 Å². The molecule has 1 aliphatic heterocycles. The van der Waals surface area contributed by atoms with Gasteiger partial charge in [-0.25, -0.2) is 0 Å². The Kier molecular flexibility index (Phi) is 2.96. The van der Waals surface area contributed by atoms with Gasteiger partial charge in [0.05, 0.1) is 5.52 Å². The second-order valence-electron chi connectivity index (χ2n) is 7.45. The van der Waals surface area contributed by atoms with Gasteiger partial charge in [-0.3, -0.25) is 0 Å². The molecule has 0 saturated heterocycles. The van der Waals surface area contributed by atoms with Gasteiger partial charge in [0.25, 0.3) is 0 Å². The van der Waals surface area contributed by atoms with E-state index in [1.165, 1.54) is 49.4 Å². The minimum absolute atomic E-state index is 0.267. The van der Waals surface area contributed by atoms with Crippen LogP contribution in [0.3, 0.4) is 0 Å². The van der Waals surface area contributed by atoms with Gasteiger partial charge in [-0.15, -0.1) is 0 Å². The van der Waals surface area contributed by atoms with Gasteiger partial charge in [-0.1, -0.05) is 90.4 Å². The number of aromatic nitrogens is 1. The average molecular weight is 343 g/mol. The molecule has 0 fully saturated rings. The molecule has 0 spiro atoms. The molecule has 2 heterocycles. The molecule has 5 aromatic rings. The number of rotatable bonds is 1. The van der Waals surface area contributed by atoms with Gasteiger partial charge in [0.15, 0.2) is 0 Å². The monoisotopic (exact) mass is 343 g/mol. The van der Waals surface area contributed by atoms with Crippen LogP contribution in [0.4, 0.5) is 0 Å². The molecule has 1 nitrogen and oxygen atoms in total. The Morgan fingerprint density at radius 1 is 0.593 bits per heavy atom. The zero-order chi connectivity index (χ0) is 18.0. The van der Waals surface area contributed by atoms with Crippen LogP contribution in [0, 0.1) is 6.92 Å².